The third-order valence-electron chi connectivity index (χ3n) is 4.50. The number of furan rings is 1. The van der Waals surface area contributed by atoms with Gasteiger partial charge in [0.2, 0.25) is 0 Å². The molecule has 10 heteroatoms. The fourth-order valence-electron chi connectivity index (χ4n) is 2.93. The molecule has 2 heterocycles. The van der Waals surface area contributed by atoms with E-state index in [1.165, 1.54) is 23.3 Å². The summed E-state index contributed by atoms with van der Waals surface area (Å²) in [7, 11) is 0. The van der Waals surface area contributed by atoms with Crippen molar-refractivity contribution in [1.29, 1.82) is 0 Å². The number of urea groups is 1. The first-order valence-electron chi connectivity index (χ1n) is 8.92. The number of nitrogens with zero attached hydrogens (tertiary/aromatic N) is 2. The number of benzene rings is 1. The zero-order chi connectivity index (χ0) is 21.0. The second-order valence-corrected chi connectivity index (χ2v) is 6.52. The summed E-state index contributed by atoms with van der Waals surface area (Å²) in [5, 5.41) is 2.69. The highest BCUT2D eigenvalue weighted by Crippen LogP contribution is 2.27. The maximum Gasteiger partial charge on any atom is 0.422 e. The van der Waals surface area contributed by atoms with Crippen molar-refractivity contribution in [1.82, 2.24) is 9.80 Å². The number of anilines is 1. The van der Waals surface area contributed by atoms with Gasteiger partial charge in [0, 0.05) is 37.4 Å². The molecule has 0 unspecified atom stereocenters. The number of amides is 3. The molecule has 1 aromatic heterocycles. The normalized spacial score (nSPS) is 14.6. The minimum absolute atomic E-state index is 0.0500. The van der Waals surface area contributed by atoms with Crippen LogP contribution < -0.4 is 10.1 Å². The van der Waals surface area contributed by atoms with E-state index in [1.54, 1.807) is 30.0 Å². The minimum Gasteiger partial charge on any atom is -0.484 e. The Morgan fingerprint density at radius 1 is 1.10 bits per heavy atom. The summed E-state index contributed by atoms with van der Waals surface area (Å²) in [5.74, 6) is 0.0589. The first kappa shape index (κ1) is 20.6. The smallest absolute Gasteiger partial charge is 0.422 e. The fourth-order valence-corrected chi connectivity index (χ4v) is 2.93. The second-order valence-electron chi connectivity index (χ2n) is 6.52. The van der Waals surface area contributed by atoms with E-state index in [-0.39, 0.29) is 17.4 Å². The molecule has 3 amide bonds. The molecule has 0 spiro atoms. The molecule has 156 valence electrons. The van der Waals surface area contributed by atoms with Crippen LogP contribution in [0.15, 0.2) is 41.0 Å². The van der Waals surface area contributed by atoms with Crippen LogP contribution in [-0.4, -0.2) is 60.7 Å². The molecule has 0 atom stereocenters. The van der Waals surface area contributed by atoms with Gasteiger partial charge in [0.05, 0.1) is 6.26 Å². The molecular formula is C19H20F3N3O4. The average Bonchev–Trinajstić information content (AvgIpc) is 3.22. The summed E-state index contributed by atoms with van der Waals surface area (Å²) >= 11 is 0. The first-order chi connectivity index (χ1) is 13.7. The lowest BCUT2D eigenvalue weighted by atomic mass is 10.2. The molecule has 1 fully saturated rings. The quantitative estimate of drug-likeness (QED) is 0.836. The molecule has 1 aliphatic rings. The van der Waals surface area contributed by atoms with Crippen LogP contribution >= 0.6 is 0 Å². The predicted octanol–water partition coefficient (Wildman–Crippen LogP) is 3.52. The third kappa shape index (κ3) is 5.21. The van der Waals surface area contributed by atoms with E-state index in [0.717, 1.165) is 0 Å². The monoisotopic (exact) mass is 411 g/mol. The lowest BCUT2D eigenvalue weighted by Gasteiger charge is -2.34. The highest BCUT2D eigenvalue weighted by atomic mass is 19.4. The van der Waals surface area contributed by atoms with Crippen LogP contribution in [0.2, 0.25) is 0 Å². The Balaban J connectivity index is 1.56. The van der Waals surface area contributed by atoms with Crippen molar-refractivity contribution in [3.63, 3.8) is 0 Å². The first-order valence-corrected chi connectivity index (χ1v) is 8.92. The summed E-state index contributed by atoms with van der Waals surface area (Å²) in [4.78, 5) is 27.9. The lowest BCUT2D eigenvalue weighted by Crippen LogP contribution is -2.51. The summed E-state index contributed by atoms with van der Waals surface area (Å²) in [6.45, 7) is 1.50. The van der Waals surface area contributed by atoms with Crippen LogP contribution in [0.3, 0.4) is 0 Å². The van der Waals surface area contributed by atoms with Gasteiger partial charge in [-0.25, -0.2) is 4.79 Å². The largest absolute Gasteiger partial charge is 0.484 e. The Kier molecular flexibility index (Phi) is 6.00. The van der Waals surface area contributed by atoms with Crippen LogP contribution in [0.5, 0.6) is 5.75 Å². The number of piperazine rings is 1. The van der Waals surface area contributed by atoms with E-state index < -0.39 is 18.8 Å². The molecule has 1 N–H and O–H groups in total. The minimum atomic E-state index is -4.45. The molecule has 3 rings (SSSR count). The van der Waals surface area contributed by atoms with Gasteiger partial charge in [-0.1, -0.05) is 6.07 Å². The molecule has 2 aromatic rings. The standard InChI is InChI=1S/C19H20F3N3O4/c1-13-14(4-2-5-15(13)29-12-19(20,21)22)23-18(27)25-9-7-24(8-10-25)17(26)16-6-3-11-28-16/h2-6,11H,7-10,12H2,1H3,(H,23,27). The van der Waals surface area contributed by atoms with Crippen LogP contribution in [0, 0.1) is 6.92 Å². The molecule has 29 heavy (non-hydrogen) atoms. The molecule has 1 aliphatic heterocycles. The van der Waals surface area contributed by atoms with Gasteiger partial charge in [0.1, 0.15) is 5.75 Å². The van der Waals surface area contributed by atoms with Crippen molar-refractivity contribution in [3.05, 3.63) is 47.9 Å². The zero-order valence-corrected chi connectivity index (χ0v) is 15.7. The van der Waals surface area contributed by atoms with Crippen molar-refractivity contribution in [2.45, 2.75) is 13.1 Å². The number of hydrogen-bond donors (Lipinski definition) is 1. The average molecular weight is 411 g/mol. The fraction of sp³-hybridized carbons (Fsp3) is 0.368. The van der Waals surface area contributed by atoms with E-state index in [0.29, 0.717) is 37.4 Å². The summed E-state index contributed by atoms with van der Waals surface area (Å²) < 4.78 is 47.0. The van der Waals surface area contributed by atoms with Crippen molar-refractivity contribution < 1.29 is 31.9 Å². The van der Waals surface area contributed by atoms with Crippen molar-refractivity contribution in [2.24, 2.45) is 0 Å². The maximum absolute atomic E-state index is 12.5. The Morgan fingerprint density at radius 3 is 2.41 bits per heavy atom. The lowest BCUT2D eigenvalue weighted by molar-refractivity contribution is -0.153. The van der Waals surface area contributed by atoms with Gasteiger partial charge in [-0.2, -0.15) is 13.2 Å². The van der Waals surface area contributed by atoms with Crippen LogP contribution in [0.1, 0.15) is 16.1 Å². The number of rotatable bonds is 4. The van der Waals surface area contributed by atoms with Gasteiger partial charge in [-0.3, -0.25) is 4.79 Å². The molecule has 0 bridgehead atoms. The van der Waals surface area contributed by atoms with Crippen molar-refractivity contribution in [2.75, 3.05) is 38.1 Å². The number of ether oxygens (including phenoxy) is 1. The van der Waals surface area contributed by atoms with Crippen LogP contribution in [0.25, 0.3) is 0 Å². The summed E-state index contributed by atoms with van der Waals surface area (Å²) in [6, 6.07) is 7.32. The molecule has 0 saturated carbocycles. The number of halogens is 3. The predicted molar refractivity (Wildman–Crippen MR) is 97.9 cm³/mol. The van der Waals surface area contributed by atoms with Gasteiger partial charge in [0.25, 0.3) is 5.91 Å². The highest BCUT2D eigenvalue weighted by molar-refractivity contribution is 5.92. The topological polar surface area (TPSA) is 75.0 Å². The van der Waals surface area contributed by atoms with Crippen molar-refractivity contribution in [3.8, 4) is 5.75 Å². The number of carbonyl (C=O) groups excluding carboxylic acids is 2. The number of carbonyl (C=O) groups is 2. The zero-order valence-electron chi connectivity index (χ0n) is 15.7. The van der Waals surface area contributed by atoms with Crippen LogP contribution in [-0.2, 0) is 0 Å². The summed E-state index contributed by atoms with van der Waals surface area (Å²) in [6.07, 6.45) is -3.02. The SMILES string of the molecule is Cc1c(NC(=O)N2CCN(C(=O)c3ccco3)CC2)cccc1OCC(F)(F)F. The van der Waals surface area contributed by atoms with Gasteiger partial charge in [-0.05, 0) is 31.2 Å². The molecule has 1 saturated heterocycles. The van der Waals surface area contributed by atoms with Crippen molar-refractivity contribution >= 4 is 17.6 Å². The second kappa shape index (κ2) is 8.46. The van der Waals surface area contributed by atoms with Gasteiger partial charge in [0.15, 0.2) is 12.4 Å². The van der Waals surface area contributed by atoms with Gasteiger partial charge >= 0.3 is 12.2 Å². The van der Waals surface area contributed by atoms with E-state index >= 15 is 0 Å². The van der Waals surface area contributed by atoms with E-state index in [1.807, 2.05) is 0 Å². The van der Waals surface area contributed by atoms with E-state index in [9.17, 15) is 22.8 Å². The molecule has 7 nitrogen and oxygen atoms in total. The molecule has 1 aromatic carbocycles. The van der Waals surface area contributed by atoms with Gasteiger partial charge in [-0.15, -0.1) is 0 Å². The van der Waals surface area contributed by atoms with Gasteiger partial charge < -0.3 is 24.3 Å². The summed E-state index contributed by atoms with van der Waals surface area (Å²) in [5.41, 5.74) is 0.764. The number of hydrogen-bond acceptors (Lipinski definition) is 4. The highest BCUT2D eigenvalue weighted by Gasteiger charge is 2.29. The molecule has 0 aliphatic carbocycles. The van der Waals surface area contributed by atoms with E-state index in [2.05, 4.69) is 5.32 Å². The van der Waals surface area contributed by atoms with Crippen LogP contribution in [0.4, 0.5) is 23.7 Å². The number of nitrogens with one attached hydrogen (secondary N) is 1. The molecule has 0 radical (unpaired) electrons. The Morgan fingerprint density at radius 2 is 1.79 bits per heavy atom. The van der Waals surface area contributed by atoms with E-state index in [4.69, 9.17) is 9.15 Å². The Labute approximate surface area is 165 Å². The Bertz CT molecular complexity index is 860. The Hall–Kier alpha value is -3.17. The molecular weight excluding hydrogens is 391 g/mol. The third-order valence-corrected chi connectivity index (χ3v) is 4.50. The maximum atomic E-state index is 12.5. The number of alkyl halides is 3.